The molecule has 0 unspecified atom stereocenters. The fourth-order valence-corrected chi connectivity index (χ4v) is 8.40. The third-order valence-electron chi connectivity index (χ3n) is 12.0. The average molecular weight is 759 g/mol. The first-order chi connectivity index (χ1) is 27.2. The Hall–Kier alpha value is -6.10. The van der Waals surface area contributed by atoms with Crippen LogP contribution in [0.4, 0.5) is 5.69 Å². The quantitative estimate of drug-likeness (QED) is 0.165. The second-order valence-corrected chi connectivity index (χ2v) is 20.3. The summed E-state index contributed by atoms with van der Waals surface area (Å²) in [6.07, 6.45) is 0. The molecule has 0 N–H and O–H groups in total. The van der Waals surface area contributed by atoms with Crippen LogP contribution < -0.4 is 0 Å². The predicted octanol–water partition coefficient (Wildman–Crippen LogP) is 15.2. The van der Waals surface area contributed by atoms with Gasteiger partial charge >= 0.3 is 0 Å². The van der Waals surface area contributed by atoms with Crippen molar-refractivity contribution < 1.29 is 0 Å². The van der Waals surface area contributed by atoms with Gasteiger partial charge < -0.3 is 9.13 Å². The molecule has 8 rings (SSSR count). The molecule has 0 amide bonds. The SMILES string of the molecule is [C-]#[N+]c1ccc(-c2ccc(C#N)c(-n3c4ccc(C(C)(C)C)cc4c4cc(C(C)(C)C)ccc43)c2)cc1-n1c2ccc(C(C)(C)C)cc2c2cc(C(C)(C)C)ccc21. The minimum absolute atomic E-state index is 0.0146. The van der Waals surface area contributed by atoms with Crippen molar-refractivity contribution in [3.05, 3.63) is 148 Å². The van der Waals surface area contributed by atoms with E-state index in [9.17, 15) is 5.26 Å². The maximum Gasteiger partial charge on any atom is 0.210 e. The van der Waals surface area contributed by atoms with Crippen LogP contribution >= 0.6 is 0 Å². The van der Waals surface area contributed by atoms with E-state index in [-0.39, 0.29) is 21.7 Å². The Kier molecular flexibility index (Phi) is 8.84. The normalized spacial score (nSPS) is 12.8. The number of hydrogen-bond acceptors (Lipinski definition) is 1. The molecule has 4 nitrogen and oxygen atoms in total. The average Bonchev–Trinajstić information content (AvgIpc) is 3.67. The van der Waals surface area contributed by atoms with Crippen LogP contribution in [0.15, 0.2) is 109 Å². The Balaban J connectivity index is 1.38. The van der Waals surface area contributed by atoms with E-state index in [0.717, 1.165) is 44.6 Å². The van der Waals surface area contributed by atoms with Gasteiger partial charge in [-0.25, -0.2) is 4.85 Å². The van der Waals surface area contributed by atoms with Gasteiger partial charge in [-0.2, -0.15) is 5.26 Å². The maximum atomic E-state index is 10.6. The van der Waals surface area contributed by atoms with Crippen LogP contribution in [0.3, 0.4) is 0 Å². The summed E-state index contributed by atoms with van der Waals surface area (Å²) in [6.45, 7) is 35.4. The Morgan fingerprint density at radius 1 is 0.431 bits per heavy atom. The molecular formula is C54H54N4. The van der Waals surface area contributed by atoms with Crippen LogP contribution in [0, 0.1) is 17.9 Å². The van der Waals surface area contributed by atoms with Gasteiger partial charge in [-0.3, -0.25) is 0 Å². The molecule has 2 aromatic heterocycles. The second kappa shape index (κ2) is 13.2. The van der Waals surface area contributed by atoms with Crippen molar-refractivity contribution in [3.63, 3.8) is 0 Å². The summed E-state index contributed by atoms with van der Waals surface area (Å²) in [5.41, 5.74) is 14.2. The van der Waals surface area contributed by atoms with E-state index in [4.69, 9.17) is 6.57 Å². The van der Waals surface area contributed by atoms with Gasteiger partial charge in [0.25, 0.3) is 0 Å². The molecule has 0 atom stereocenters. The molecule has 0 aliphatic carbocycles. The number of hydrogen-bond donors (Lipinski definition) is 0. The molecule has 290 valence electrons. The van der Waals surface area contributed by atoms with Gasteiger partial charge in [-0.05, 0) is 122 Å². The van der Waals surface area contributed by atoms with Gasteiger partial charge in [0.1, 0.15) is 6.07 Å². The molecule has 0 aliphatic rings. The van der Waals surface area contributed by atoms with Crippen molar-refractivity contribution >= 4 is 49.3 Å². The molecular weight excluding hydrogens is 705 g/mol. The molecule has 0 saturated heterocycles. The van der Waals surface area contributed by atoms with Gasteiger partial charge in [-0.1, -0.05) is 126 Å². The maximum absolute atomic E-state index is 10.6. The topological polar surface area (TPSA) is 38.0 Å². The summed E-state index contributed by atoms with van der Waals surface area (Å²) in [7, 11) is 0. The zero-order valence-corrected chi connectivity index (χ0v) is 36.2. The minimum Gasteiger partial charge on any atom is -0.319 e. The van der Waals surface area contributed by atoms with Crippen LogP contribution in [-0.2, 0) is 21.7 Å². The lowest BCUT2D eigenvalue weighted by Crippen LogP contribution is -2.10. The lowest BCUT2D eigenvalue weighted by atomic mass is 9.85. The third kappa shape index (κ3) is 6.46. The highest BCUT2D eigenvalue weighted by Gasteiger charge is 2.24. The van der Waals surface area contributed by atoms with Gasteiger partial charge in [0.15, 0.2) is 0 Å². The van der Waals surface area contributed by atoms with E-state index >= 15 is 0 Å². The Labute approximate surface area is 344 Å². The van der Waals surface area contributed by atoms with Crippen molar-refractivity contribution in [2.24, 2.45) is 0 Å². The van der Waals surface area contributed by atoms with Gasteiger partial charge in [-0.15, -0.1) is 0 Å². The number of fused-ring (bicyclic) bond motifs is 6. The summed E-state index contributed by atoms with van der Waals surface area (Å²) < 4.78 is 4.55. The van der Waals surface area contributed by atoms with E-state index in [2.05, 4.69) is 188 Å². The van der Waals surface area contributed by atoms with Crippen molar-refractivity contribution in [1.29, 1.82) is 5.26 Å². The van der Waals surface area contributed by atoms with Crippen molar-refractivity contribution in [1.82, 2.24) is 9.13 Å². The number of rotatable bonds is 3. The highest BCUT2D eigenvalue weighted by molar-refractivity contribution is 6.11. The van der Waals surface area contributed by atoms with Crippen LogP contribution in [0.2, 0.25) is 0 Å². The largest absolute Gasteiger partial charge is 0.319 e. The lowest BCUT2D eigenvalue weighted by molar-refractivity contribution is 0.590. The van der Waals surface area contributed by atoms with E-state index in [1.807, 2.05) is 24.3 Å². The molecule has 0 radical (unpaired) electrons. The summed E-state index contributed by atoms with van der Waals surface area (Å²) >= 11 is 0. The van der Waals surface area contributed by atoms with E-state index in [1.165, 1.54) is 43.8 Å². The fourth-order valence-electron chi connectivity index (χ4n) is 8.40. The molecule has 0 fully saturated rings. The Morgan fingerprint density at radius 3 is 1.09 bits per heavy atom. The molecule has 0 bridgehead atoms. The van der Waals surface area contributed by atoms with Crippen LogP contribution in [0.5, 0.6) is 0 Å². The molecule has 0 aliphatic heterocycles. The van der Waals surface area contributed by atoms with Gasteiger partial charge in [0, 0.05) is 21.5 Å². The molecule has 0 spiro atoms. The smallest absolute Gasteiger partial charge is 0.210 e. The number of nitriles is 1. The fraction of sp³-hybridized carbons (Fsp3) is 0.296. The van der Waals surface area contributed by atoms with Crippen LogP contribution in [0.25, 0.3) is 71.0 Å². The Bertz CT molecular complexity index is 2700. The van der Waals surface area contributed by atoms with E-state index in [1.54, 1.807) is 0 Å². The number of benzene rings is 6. The van der Waals surface area contributed by atoms with Crippen molar-refractivity contribution in [2.45, 2.75) is 105 Å². The highest BCUT2D eigenvalue weighted by Crippen LogP contribution is 2.43. The van der Waals surface area contributed by atoms with Gasteiger partial charge in [0.2, 0.25) is 5.69 Å². The molecule has 6 aromatic carbocycles. The van der Waals surface area contributed by atoms with E-state index in [0.29, 0.717) is 11.3 Å². The summed E-state index contributed by atoms with van der Waals surface area (Å²) in [5, 5.41) is 15.3. The summed E-state index contributed by atoms with van der Waals surface area (Å²) in [5.74, 6) is 0. The lowest BCUT2D eigenvalue weighted by Gasteiger charge is -2.19. The molecule has 2 heterocycles. The van der Waals surface area contributed by atoms with Crippen molar-refractivity contribution in [2.75, 3.05) is 0 Å². The Morgan fingerprint density at radius 2 is 0.759 bits per heavy atom. The minimum atomic E-state index is -0.0166. The first kappa shape index (κ1) is 38.8. The third-order valence-corrected chi connectivity index (χ3v) is 12.0. The van der Waals surface area contributed by atoms with Gasteiger partial charge in [0.05, 0.1) is 45.6 Å². The first-order valence-corrected chi connectivity index (χ1v) is 20.4. The highest BCUT2D eigenvalue weighted by atomic mass is 15.0. The van der Waals surface area contributed by atoms with E-state index < -0.39 is 0 Å². The molecule has 4 heteroatoms. The van der Waals surface area contributed by atoms with Crippen molar-refractivity contribution in [3.8, 4) is 28.6 Å². The van der Waals surface area contributed by atoms with Crippen LogP contribution in [0.1, 0.15) is 111 Å². The monoisotopic (exact) mass is 758 g/mol. The predicted molar refractivity (Wildman–Crippen MR) is 246 cm³/mol. The molecule has 8 aromatic rings. The standard InChI is InChI=1S/C54H54N4/c1-51(2,3)36-17-22-45-40(28-36)41-29-37(52(4,5)6)18-23-46(41)57(45)49-26-33(14-15-35(49)32-55)34-16-21-44(56-13)50(27-34)58-47-24-19-38(53(7,8)9)30-42(47)43-31-39(54(10,11)12)20-25-48(43)58/h14-31H,1-12H3. The molecule has 0 saturated carbocycles. The first-order valence-electron chi connectivity index (χ1n) is 20.4. The van der Waals surface area contributed by atoms with Crippen LogP contribution in [-0.4, -0.2) is 9.13 Å². The molecule has 58 heavy (non-hydrogen) atoms. The zero-order valence-electron chi connectivity index (χ0n) is 36.2. The number of aromatic nitrogens is 2. The second-order valence-electron chi connectivity index (χ2n) is 20.3. The zero-order chi connectivity index (χ0) is 41.7. The summed E-state index contributed by atoms with van der Waals surface area (Å²) in [6, 6.07) is 42.0. The summed E-state index contributed by atoms with van der Waals surface area (Å²) in [4.78, 5) is 4.07. The number of nitrogens with zero attached hydrogens (tertiary/aromatic N) is 4.